The van der Waals surface area contributed by atoms with Gasteiger partial charge in [0.1, 0.15) is 11.8 Å². The Morgan fingerprint density at radius 2 is 1.89 bits per heavy atom. The Morgan fingerprint density at radius 3 is 2.54 bits per heavy atom. The van der Waals surface area contributed by atoms with Gasteiger partial charge in [-0.25, -0.2) is 9.69 Å². The summed E-state index contributed by atoms with van der Waals surface area (Å²) >= 11 is 5.83. The predicted molar refractivity (Wildman–Crippen MR) is 116 cm³/mol. The van der Waals surface area contributed by atoms with E-state index >= 15 is 0 Å². The molecule has 35 heavy (non-hydrogen) atoms. The molecule has 2 aromatic carbocycles. The first-order chi connectivity index (χ1) is 16.6. The molecule has 0 unspecified atom stereocenters. The summed E-state index contributed by atoms with van der Waals surface area (Å²) in [6, 6.07) is 7.82. The third kappa shape index (κ3) is 3.74. The number of carbonyl (C=O) groups is 3. The number of urea groups is 1. The first-order valence-corrected chi connectivity index (χ1v) is 10.9. The minimum absolute atomic E-state index is 0.192. The molecule has 0 N–H and O–H groups in total. The molecular formula is C23H16ClF3N4O4. The molecule has 2 aromatic rings. The molecule has 8 nitrogen and oxygen atoms in total. The van der Waals surface area contributed by atoms with E-state index in [4.69, 9.17) is 21.6 Å². The molecule has 3 heterocycles. The molecule has 2 bridgehead atoms. The second-order valence-corrected chi connectivity index (χ2v) is 8.83. The zero-order valence-corrected chi connectivity index (χ0v) is 18.6. The SMILES string of the molecule is N#Cc1ccc(N2C(=O)[C@H]3[C@@H]4C[C@@H](CN4C(=O)COc4ccc(Cl)cc4)N3C2=O)cc1C(F)(F)F. The molecule has 3 aliphatic rings. The van der Waals surface area contributed by atoms with E-state index < -0.39 is 47.4 Å². The molecule has 0 radical (unpaired) electrons. The first kappa shape index (κ1) is 23.0. The summed E-state index contributed by atoms with van der Waals surface area (Å²) in [5, 5.41) is 9.51. The first-order valence-electron chi connectivity index (χ1n) is 10.6. The van der Waals surface area contributed by atoms with Crippen LogP contribution in [-0.2, 0) is 15.8 Å². The van der Waals surface area contributed by atoms with E-state index in [-0.39, 0.29) is 24.7 Å². The van der Waals surface area contributed by atoms with Crippen molar-refractivity contribution in [3.8, 4) is 11.8 Å². The minimum atomic E-state index is -4.84. The van der Waals surface area contributed by atoms with Gasteiger partial charge in [0.05, 0.1) is 35.0 Å². The number of anilines is 1. The lowest BCUT2D eigenvalue weighted by molar-refractivity contribution is -0.138. The lowest BCUT2D eigenvalue weighted by Crippen LogP contribution is -2.55. The minimum Gasteiger partial charge on any atom is -0.484 e. The van der Waals surface area contributed by atoms with Gasteiger partial charge in [-0.1, -0.05) is 11.6 Å². The highest BCUT2D eigenvalue weighted by Gasteiger charge is 2.63. The van der Waals surface area contributed by atoms with Gasteiger partial charge in [0.2, 0.25) is 0 Å². The van der Waals surface area contributed by atoms with Crippen molar-refractivity contribution in [3.05, 3.63) is 58.6 Å². The molecule has 4 amide bonds. The molecule has 180 valence electrons. The maximum Gasteiger partial charge on any atom is 0.417 e. The Labute approximate surface area is 202 Å². The van der Waals surface area contributed by atoms with Gasteiger partial charge < -0.3 is 14.5 Å². The van der Waals surface area contributed by atoms with Crippen LogP contribution >= 0.6 is 11.6 Å². The highest BCUT2D eigenvalue weighted by atomic mass is 35.5. The van der Waals surface area contributed by atoms with Crippen molar-refractivity contribution >= 4 is 35.1 Å². The summed E-state index contributed by atoms with van der Waals surface area (Å²) in [6.07, 6.45) is -4.45. The third-order valence-corrected chi connectivity index (χ3v) is 6.70. The molecule has 3 aliphatic heterocycles. The summed E-state index contributed by atoms with van der Waals surface area (Å²) in [5.74, 6) is -0.645. The molecule has 0 aromatic heterocycles. The van der Waals surface area contributed by atoms with Crippen LogP contribution in [0.3, 0.4) is 0 Å². The predicted octanol–water partition coefficient (Wildman–Crippen LogP) is 3.43. The maximum atomic E-state index is 13.4. The van der Waals surface area contributed by atoms with Crippen molar-refractivity contribution in [2.45, 2.75) is 30.7 Å². The van der Waals surface area contributed by atoms with Crippen LogP contribution in [0.2, 0.25) is 5.02 Å². The second kappa shape index (κ2) is 8.16. The fourth-order valence-corrected chi connectivity index (χ4v) is 5.07. The van der Waals surface area contributed by atoms with Crippen LogP contribution in [0, 0.1) is 11.3 Å². The quantitative estimate of drug-likeness (QED) is 0.595. The largest absolute Gasteiger partial charge is 0.484 e. The molecule has 0 aliphatic carbocycles. The summed E-state index contributed by atoms with van der Waals surface area (Å²) < 4.78 is 45.7. The topological polar surface area (TPSA) is 93.9 Å². The summed E-state index contributed by atoms with van der Waals surface area (Å²) in [4.78, 5) is 42.6. The van der Waals surface area contributed by atoms with E-state index in [1.807, 2.05) is 0 Å². The van der Waals surface area contributed by atoms with Gasteiger partial charge in [-0.2, -0.15) is 18.4 Å². The van der Waals surface area contributed by atoms with Crippen LogP contribution in [0.1, 0.15) is 17.5 Å². The molecule has 12 heteroatoms. The number of amides is 4. The fourth-order valence-electron chi connectivity index (χ4n) is 4.94. The molecule has 0 saturated carbocycles. The van der Waals surface area contributed by atoms with Crippen molar-refractivity contribution < 1.29 is 32.3 Å². The van der Waals surface area contributed by atoms with Gasteiger partial charge in [0.15, 0.2) is 6.61 Å². The Balaban J connectivity index is 1.35. The average molecular weight is 505 g/mol. The molecular weight excluding hydrogens is 489 g/mol. The van der Waals surface area contributed by atoms with E-state index in [0.29, 0.717) is 28.2 Å². The monoisotopic (exact) mass is 504 g/mol. The number of fused-ring (bicyclic) bond motifs is 5. The fraction of sp³-hybridized carbons (Fsp3) is 0.304. The Bertz CT molecular complexity index is 1280. The molecule has 5 rings (SSSR count). The smallest absolute Gasteiger partial charge is 0.417 e. The number of hydrogen-bond acceptors (Lipinski definition) is 5. The van der Waals surface area contributed by atoms with Crippen LogP contribution < -0.4 is 9.64 Å². The Kier molecular flexibility index (Phi) is 5.36. The van der Waals surface area contributed by atoms with Crippen LogP contribution in [-0.4, -0.2) is 58.9 Å². The number of rotatable bonds is 4. The number of halogens is 4. The van der Waals surface area contributed by atoms with Crippen LogP contribution in [0.5, 0.6) is 5.75 Å². The number of piperazine rings is 1. The van der Waals surface area contributed by atoms with Crippen molar-refractivity contribution in [1.29, 1.82) is 5.26 Å². The number of hydrogen-bond donors (Lipinski definition) is 0. The van der Waals surface area contributed by atoms with Crippen LogP contribution in [0.25, 0.3) is 0 Å². The van der Waals surface area contributed by atoms with E-state index in [1.165, 1.54) is 15.9 Å². The van der Waals surface area contributed by atoms with Crippen LogP contribution in [0.4, 0.5) is 23.7 Å². The summed E-state index contributed by atoms with van der Waals surface area (Å²) in [6.45, 7) is -0.0913. The zero-order valence-electron chi connectivity index (χ0n) is 17.8. The van der Waals surface area contributed by atoms with E-state index in [9.17, 15) is 27.6 Å². The number of carbonyl (C=O) groups excluding carboxylic acids is 3. The standard InChI is InChI=1S/C23H16ClF3N4O4/c24-13-2-5-16(6-3-13)35-11-19(32)29-10-15-8-18(29)20-21(33)31(22(34)30(15)20)14-4-1-12(9-28)17(7-14)23(25,26)27/h1-7,15,18,20H,8,10-11H2/t15-,18-,20+/m0/s1. The molecule has 0 spiro atoms. The number of likely N-dealkylation sites (tertiary alicyclic amines) is 1. The maximum absolute atomic E-state index is 13.4. The normalized spacial score (nSPS) is 23.1. The molecule has 3 saturated heterocycles. The lowest BCUT2D eigenvalue weighted by Gasteiger charge is -2.34. The lowest BCUT2D eigenvalue weighted by atomic mass is 10.1. The highest BCUT2D eigenvalue weighted by Crippen LogP contribution is 2.43. The number of ether oxygens (including phenoxy) is 1. The average Bonchev–Trinajstić information content (AvgIpc) is 3.49. The number of nitrogens with zero attached hydrogens (tertiary/aromatic N) is 4. The Hall–Kier alpha value is -3.78. The molecule has 3 fully saturated rings. The van der Waals surface area contributed by atoms with Crippen molar-refractivity contribution in [2.75, 3.05) is 18.1 Å². The second-order valence-electron chi connectivity index (χ2n) is 8.39. The van der Waals surface area contributed by atoms with E-state index in [2.05, 4.69) is 0 Å². The van der Waals surface area contributed by atoms with Crippen molar-refractivity contribution in [3.63, 3.8) is 0 Å². The van der Waals surface area contributed by atoms with Crippen LogP contribution in [0.15, 0.2) is 42.5 Å². The number of benzene rings is 2. The molecule has 3 atom stereocenters. The van der Waals surface area contributed by atoms with Gasteiger partial charge in [0, 0.05) is 11.6 Å². The number of alkyl halides is 3. The number of imide groups is 1. The van der Waals surface area contributed by atoms with Gasteiger partial charge >= 0.3 is 12.2 Å². The number of nitriles is 1. The van der Waals surface area contributed by atoms with E-state index in [0.717, 1.165) is 12.1 Å². The third-order valence-electron chi connectivity index (χ3n) is 6.45. The summed E-state index contributed by atoms with van der Waals surface area (Å²) in [7, 11) is 0. The van der Waals surface area contributed by atoms with Gasteiger partial charge in [-0.3, -0.25) is 9.59 Å². The Morgan fingerprint density at radius 1 is 1.17 bits per heavy atom. The zero-order chi connectivity index (χ0) is 25.1. The summed E-state index contributed by atoms with van der Waals surface area (Å²) in [5.41, 5.74) is -2.12. The van der Waals surface area contributed by atoms with Gasteiger partial charge in [-0.15, -0.1) is 0 Å². The van der Waals surface area contributed by atoms with Crippen molar-refractivity contribution in [1.82, 2.24) is 9.80 Å². The van der Waals surface area contributed by atoms with E-state index in [1.54, 1.807) is 24.3 Å². The van der Waals surface area contributed by atoms with Gasteiger partial charge in [-0.05, 0) is 48.9 Å². The van der Waals surface area contributed by atoms with Gasteiger partial charge in [0.25, 0.3) is 11.8 Å². The van der Waals surface area contributed by atoms with Crippen molar-refractivity contribution in [2.24, 2.45) is 0 Å². The highest BCUT2D eigenvalue weighted by molar-refractivity contribution is 6.30.